The number of halogens is 1. The van der Waals surface area contributed by atoms with Crippen molar-refractivity contribution >= 4 is 23.3 Å². The lowest BCUT2D eigenvalue weighted by atomic mass is 10.0. The van der Waals surface area contributed by atoms with E-state index in [1.165, 1.54) is 18.7 Å². The second-order valence-corrected chi connectivity index (χ2v) is 5.52. The van der Waals surface area contributed by atoms with E-state index >= 15 is 0 Å². The first-order chi connectivity index (χ1) is 10.9. The number of hydrogen-bond donors (Lipinski definition) is 1. The number of fused-ring (bicyclic) bond motifs is 1. The monoisotopic (exact) mass is 314 g/mol. The molecule has 0 saturated carbocycles. The van der Waals surface area contributed by atoms with Crippen LogP contribution in [0.15, 0.2) is 29.5 Å². The zero-order chi connectivity index (χ0) is 16.6. The van der Waals surface area contributed by atoms with E-state index in [4.69, 9.17) is 6.42 Å². The van der Waals surface area contributed by atoms with E-state index in [9.17, 15) is 9.50 Å². The van der Waals surface area contributed by atoms with Crippen molar-refractivity contribution in [3.05, 3.63) is 24.6 Å². The lowest BCUT2D eigenvalue weighted by Crippen LogP contribution is -2.25. The number of aliphatic hydroxyl groups is 1. The van der Waals surface area contributed by atoms with Crippen molar-refractivity contribution in [2.75, 3.05) is 14.1 Å². The summed E-state index contributed by atoms with van der Waals surface area (Å²) >= 11 is 0. The van der Waals surface area contributed by atoms with Gasteiger partial charge in [0.25, 0.3) is 0 Å². The molecule has 0 saturated heterocycles. The van der Waals surface area contributed by atoms with E-state index in [2.05, 4.69) is 25.9 Å². The summed E-state index contributed by atoms with van der Waals surface area (Å²) in [5.41, 5.74) is -0.878. The first-order valence-electron chi connectivity index (χ1n) is 6.90. The quantitative estimate of drug-likeness (QED) is 0.523. The molecule has 0 fully saturated rings. The molecule has 2 aromatic rings. The molecule has 3 rings (SSSR count). The van der Waals surface area contributed by atoms with Crippen LogP contribution in [0.4, 0.5) is 10.2 Å². The zero-order valence-electron chi connectivity index (χ0n) is 12.7. The van der Waals surface area contributed by atoms with Gasteiger partial charge in [0.1, 0.15) is 12.2 Å². The van der Waals surface area contributed by atoms with Gasteiger partial charge >= 0.3 is 0 Å². The summed E-state index contributed by atoms with van der Waals surface area (Å²) in [5.74, 6) is 1.78. The van der Waals surface area contributed by atoms with Crippen LogP contribution in [0.1, 0.15) is 12.5 Å². The Kier molecular flexibility index (Phi) is 3.58. The predicted octanol–water partition coefficient (Wildman–Crippen LogP) is 1.21. The van der Waals surface area contributed by atoms with E-state index in [1.54, 1.807) is 15.8 Å². The van der Waals surface area contributed by atoms with Gasteiger partial charge in [-0.05, 0) is 6.08 Å². The van der Waals surface area contributed by atoms with Crippen LogP contribution in [0.25, 0.3) is 11.2 Å². The van der Waals surface area contributed by atoms with E-state index < -0.39 is 17.5 Å². The maximum atomic E-state index is 13.9. The second-order valence-electron chi connectivity index (χ2n) is 5.52. The molecule has 0 amide bonds. The van der Waals surface area contributed by atoms with Gasteiger partial charge < -0.3 is 14.6 Å². The Morgan fingerprint density at radius 1 is 1.52 bits per heavy atom. The largest absolute Gasteiger partial charge is 0.371 e. The molecule has 23 heavy (non-hydrogen) atoms. The highest BCUT2D eigenvalue weighted by Crippen LogP contribution is 2.38. The summed E-state index contributed by atoms with van der Waals surface area (Å²) in [6.07, 6.45) is 11.0. The molecule has 0 aliphatic heterocycles. The van der Waals surface area contributed by atoms with Crippen LogP contribution in [-0.2, 0) is 0 Å². The molecular formula is C15H15FN6O. The van der Waals surface area contributed by atoms with E-state index in [1.807, 2.05) is 14.1 Å². The molecule has 0 aromatic carbocycles. The number of aromatic nitrogens is 4. The van der Waals surface area contributed by atoms with Crippen LogP contribution >= 0.6 is 0 Å². The van der Waals surface area contributed by atoms with Crippen molar-refractivity contribution in [2.24, 2.45) is 4.99 Å². The van der Waals surface area contributed by atoms with E-state index in [-0.39, 0.29) is 6.42 Å². The van der Waals surface area contributed by atoms with Crippen molar-refractivity contribution in [2.45, 2.75) is 18.1 Å². The lowest BCUT2D eigenvalue weighted by molar-refractivity contribution is 0.110. The van der Waals surface area contributed by atoms with Crippen molar-refractivity contribution in [3.63, 3.8) is 0 Å². The molecule has 118 valence electrons. The van der Waals surface area contributed by atoms with Gasteiger partial charge in [-0.15, -0.1) is 6.42 Å². The standard InChI is InChI=1S/C15H15FN6O/c1-4-15(23)6-10(5-11(15)16)22-9-19-12-13(20-8-21(2)3)17-7-18-14(12)22/h1,5,7-10,23H,6H2,2-3H3/b20-8-/t10-,15-/m0/s1. The molecule has 8 heteroatoms. The van der Waals surface area contributed by atoms with Gasteiger partial charge in [-0.2, -0.15) is 0 Å². The Hall–Kier alpha value is -2.79. The summed E-state index contributed by atoms with van der Waals surface area (Å²) in [7, 11) is 3.68. The molecule has 2 atom stereocenters. The third-order valence-corrected chi connectivity index (χ3v) is 3.58. The zero-order valence-corrected chi connectivity index (χ0v) is 12.7. The SMILES string of the molecule is C#C[C@]1(O)C[C@@H](n2cnc3c(/N=C\N(C)C)ncnc32)C=C1F. The average molecular weight is 314 g/mol. The van der Waals surface area contributed by atoms with Crippen molar-refractivity contribution in [1.82, 2.24) is 24.4 Å². The van der Waals surface area contributed by atoms with Gasteiger partial charge in [0.15, 0.2) is 22.6 Å². The Balaban J connectivity index is 2.02. The Labute approximate surface area is 132 Å². The Morgan fingerprint density at radius 3 is 2.96 bits per heavy atom. The first kappa shape index (κ1) is 15.1. The van der Waals surface area contributed by atoms with Crippen LogP contribution in [-0.4, -0.2) is 55.6 Å². The van der Waals surface area contributed by atoms with Crippen LogP contribution < -0.4 is 0 Å². The van der Waals surface area contributed by atoms with E-state index in [0.29, 0.717) is 17.0 Å². The fourth-order valence-electron chi connectivity index (χ4n) is 2.42. The number of aliphatic imine (C=N–C) groups is 1. The van der Waals surface area contributed by atoms with Crippen LogP contribution in [0.3, 0.4) is 0 Å². The minimum absolute atomic E-state index is 0.0289. The number of nitrogens with zero attached hydrogens (tertiary/aromatic N) is 6. The van der Waals surface area contributed by atoms with Crippen molar-refractivity contribution in [1.29, 1.82) is 0 Å². The molecule has 1 aliphatic rings. The predicted molar refractivity (Wildman–Crippen MR) is 83.8 cm³/mol. The smallest absolute Gasteiger partial charge is 0.184 e. The maximum absolute atomic E-state index is 13.9. The van der Waals surface area contributed by atoms with E-state index in [0.717, 1.165) is 0 Å². The lowest BCUT2D eigenvalue weighted by Gasteiger charge is -2.17. The van der Waals surface area contributed by atoms with Gasteiger partial charge in [0.2, 0.25) is 0 Å². The minimum Gasteiger partial charge on any atom is -0.371 e. The van der Waals surface area contributed by atoms with Crippen LogP contribution in [0.2, 0.25) is 0 Å². The third-order valence-electron chi connectivity index (χ3n) is 3.58. The molecule has 1 aliphatic carbocycles. The first-order valence-corrected chi connectivity index (χ1v) is 6.90. The summed E-state index contributed by atoms with van der Waals surface area (Å²) < 4.78 is 15.5. The topological polar surface area (TPSA) is 79.4 Å². The molecule has 7 nitrogen and oxygen atoms in total. The normalized spacial score (nSPS) is 24.1. The number of allylic oxidation sites excluding steroid dienone is 1. The van der Waals surface area contributed by atoms with Crippen molar-refractivity contribution in [3.8, 4) is 12.3 Å². The fraction of sp³-hybridized carbons (Fsp3) is 0.333. The molecule has 0 bridgehead atoms. The van der Waals surface area contributed by atoms with Crippen molar-refractivity contribution < 1.29 is 9.50 Å². The Bertz CT molecular complexity index is 849. The number of terminal acetylenes is 1. The van der Waals surface area contributed by atoms with Gasteiger partial charge in [-0.3, -0.25) is 0 Å². The van der Waals surface area contributed by atoms with Crippen LogP contribution in [0, 0.1) is 12.3 Å². The fourth-order valence-corrected chi connectivity index (χ4v) is 2.42. The maximum Gasteiger partial charge on any atom is 0.184 e. The number of hydrogen-bond acceptors (Lipinski definition) is 5. The van der Waals surface area contributed by atoms with Gasteiger partial charge in [-0.1, -0.05) is 5.92 Å². The van der Waals surface area contributed by atoms with Gasteiger partial charge in [0.05, 0.1) is 18.7 Å². The highest BCUT2D eigenvalue weighted by molar-refractivity contribution is 5.83. The summed E-state index contributed by atoms with van der Waals surface area (Å²) in [6, 6.07) is -0.471. The molecule has 0 radical (unpaired) electrons. The molecule has 0 spiro atoms. The average Bonchev–Trinajstić information content (AvgIpc) is 3.07. The Morgan fingerprint density at radius 2 is 2.30 bits per heavy atom. The molecule has 1 N–H and O–H groups in total. The third kappa shape index (κ3) is 2.55. The molecule has 2 heterocycles. The summed E-state index contributed by atoms with van der Waals surface area (Å²) in [4.78, 5) is 18.6. The molecule has 2 aromatic heterocycles. The van der Waals surface area contributed by atoms with Gasteiger partial charge in [0, 0.05) is 20.5 Å². The molecule has 0 unspecified atom stereocenters. The highest BCUT2D eigenvalue weighted by Gasteiger charge is 2.40. The van der Waals surface area contributed by atoms with Crippen LogP contribution in [0.5, 0.6) is 0 Å². The molecular weight excluding hydrogens is 299 g/mol. The minimum atomic E-state index is -1.87. The number of imidazole rings is 1. The summed E-state index contributed by atoms with van der Waals surface area (Å²) in [5, 5.41) is 10.0. The highest BCUT2D eigenvalue weighted by atomic mass is 19.1. The summed E-state index contributed by atoms with van der Waals surface area (Å²) in [6.45, 7) is 0. The van der Waals surface area contributed by atoms with Gasteiger partial charge in [-0.25, -0.2) is 24.3 Å². The number of rotatable bonds is 3. The second kappa shape index (κ2) is 5.44.